The summed E-state index contributed by atoms with van der Waals surface area (Å²) >= 11 is 0. The molecule has 0 aliphatic rings. The third kappa shape index (κ3) is 4.24. The average Bonchev–Trinajstić information content (AvgIpc) is 2.48. The summed E-state index contributed by atoms with van der Waals surface area (Å²) in [5.41, 5.74) is 0.450. The van der Waals surface area contributed by atoms with E-state index in [-0.39, 0.29) is 17.3 Å². The molecule has 0 aliphatic heterocycles. The van der Waals surface area contributed by atoms with E-state index in [1.54, 1.807) is 0 Å². The van der Waals surface area contributed by atoms with E-state index < -0.39 is 10.0 Å². The molecule has 0 aromatic carbocycles. The molecule has 0 fully saturated rings. The van der Waals surface area contributed by atoms with Crippen molar-refractivity contribution < 1.29 is 13.5 Å². The Labute approximate surface area is 122 Å². The molecular formula is C13H12N4O3S. The molecule has 0 spiro atoms. The molecule has 8 heteroatoms. The minimum absolute atomic E-state index is 0.0241. The molecule has 2 heterocycles. The number of pyridine rings is 1. The maximum Gasteiger partial charge on any atom is 0.264 e. The van der Waals surface area contributed by atoms with Crippen LogP contribution in [0.2, 0.25) is 0 Å². The van der Waals surface area contributed by atoms with Gasteiger partial charge in [0.15, 0.2) is 5.82 Å². The van der Waals surface area contributed by atoms with Crippen molar-refractivity contribution in [1.29, 1.82) is 0 Å². The van der Waals surface area contributed by atoms with Crippen molar-refractivity contribution in [1.82, 2.24) is 15.0 Å². The van der Waals surface area contributed by atoms with E-state index in [9.17, 15) is 8.42 Å². The van der Waals surface area contributed by atoms with Gasteiger partial charge in [0.2, 0.25) is 0 Å². The Morgan fingerprint density at radius 2 is 2.05 bits per heavy atom. The molecule has 0 bridgehead atoms. The second kappa shape index (κ2) is 6.78. The molecule has 2 rings (SSSR count). The van der Waals surface area contributed by atoms with Crippen LogP contribution in [0.25, 0.3) is 0 Å². The Hall–Kier alpha value is -2.50. The first kappa shape index (κ1) is 14.9. The summed E-state index contributed by atoms with van der Waals surface area (Å²) in [6, 6.07) is 1.40. The fourth-order valence-corrected chi connectivity index (χ4v) is 2.38. The summed E-state index contributed by atoms with van der Waals surface area (Å²) in [6.07, 6.45) is 7.11. The van der Waals surface area contributed by atoms with Gasteiger partial charge in [0.1, 0.15) is 4.90 Å². The van der Waals surface area contributed by atoms with Gasteiger partial charge in [0.05, 0.1) is 12.8 Å². The number of aliphatic hydroxyl groups excluding tert-OH is 1. The molecule has 0 amide bonds. The van der Waals surface area contributed by atoms with Gasteiger partial charge in [-0.25, -0.2) is 13.4 Å². The van der Waals surface area contributed by atoms with Crippen LogP contribution in [0.5, 0.6) is 0 Å². The fourth-order valence-electron chi connectivity index (χ4n) is 1.40. The SMILES string of the molecule is O=S(=O)(Nc1cnccn1)c1cncc(C#CCCO)c1. The summed E-state index contributed by atoms with van der Waals surface area (Å²) in [6.45, 7) is -0.0490. The van der Waals surface area contributed by atoms with Crippen molar-refractivity contribution in [3.63, 3.8) is 0 Å². The van der Waals surface area contributed by atoms with Gasteiger partial charge in [0, 0.05) is 36.8 Å². The van der Waals surface area contributed by atoms with E-state index in [0.29, 0.717) is 12.0 Å². The largest absolute Gasteiger partial charge is 0.395 e. The standard InChI is InChI=1S/C13H12N4O3S/c18-6-2-1-3-11-7-12(9-15-8-11)21(19,20)17-13-10-14-4-5-16-13/h4-5,7-10,18H,2,6H2,(H,16,17). The number of nitrogens with one attached hydrogen (secondary N) is 1. The van der Waals surface area contributed by atoms with Crippen molar-refractivity contribution in [3.8, 4) is 11.8 Å². The number of sulfonamides is 1. The molecule has 2 aromatic rings. The topological polar surface area (TPSA) is 105 Å². The minimum Gasteiger partial charge on any atom is -0.395 e. The minimum atomic E-state index is -3.80. The number of hydrogen-bond donors (Lipinski definition) is 2. The van der Waals surface area contributed by atoms with Crippen LogP contribution in [0, 0.1) is 11.8 Å². The quantitative estimate of drug-likeness (QED) is 0.792. The predicted molar refractivity (Wildman–Crippen MR) is 75.7 cm³/mol. The molecule has 0 radical (unpaired) electrons. The average molecular weight is 304 g/mol. The summed E-state index contributed by atoms with van der Waals surface area (Å²) in [5.74, 6) is 5.55. The number of rotatable bonds is 4. The van der Waals surface area contributed by atoms with Crippen LogP contribution in [0.3, 0.4) is 0 Å². The Morgan fingerprint density at radius 1 is 1.19 bits per heavy atom. The van der Waals surface area contributed by atoms with E-state index in [2.05, 4.69) is 31.5 Å². The lowest BCUT2D eigenvalue weighted by Gasteiger charge is -2.06. The Kier molecular flexibility index (Phi) is 4.81. The summed E-state index contributed by atoms with van der Waals surface area (Å²) in [5, 5.41) is 8.66. The Balaban J connectivity index is 2.25. The molecule has 0 aliphatic carbocycles. The van der Waals surface area contributed by atoms with Gasteiger partial charge in [-0.05, 0) is 6.07 Å². The summed E-state index contributed by atoms with van der Waals surface area (Å²) in [7, 11) is -3.80. The van der Waals surface area contributed by atoms with E-state index in [1.807, 2.05) is 0 Å². The Bertz CT molecular complexity index is 767. The van der Waals surface area contributed by atoms with Gasteiger partial charge in [0.25, 0.3) is 10.0 Å². The highest BCUT2D eigenvalue weighted by Crippen LogP contribution is 2.13. The third-order valence-corrected chi connectivity index (χ3v) is 3.62. The molecule has 21 heavy (non-hydrogen) atoms. The highest BCUT2D eigenvalue weighted by molar-refractivity contribution is 7.92. The van der Waals surface area contributed by atoms with Crippen molar-refractivity contribution in [2.75, 3.05) is 11.3 Å². The van der Waals surface area contributed by atoms with Gasteiger partial charge in [-0.3, -0.25) is 14.7 Å². The van der Waals surface area contributed by atoms with Crippen molar-refractivity contribution in [2.24, 2.45) is 0 Å². The molecule has 2 N–H and O–H groups in total. The molecule has 7 nitrogen and oxygen atoms in total. The van der Waals surface area contributed by atoms with Gasteiger partial charge in [-0.15, -0.1) is 0 Å². The lowest BCUT2D eigenvalue weighted by Crippen LogP contribution is -2.14. The first-order valence-electron chi connectivity index (χ1n) is 5.95. The lowest BCUT2D eigenvalue weighted by molar-refractivity contribution is 0.305. The molecule has 2 aromatic heterocycles. The van der Waals surface area contributed by atoms with Crippen LogP contribution in [-0.2, 0) is 10.0 Å². The van der Waals surface area contributed by atoms with Crippen molar-refractivity contribution in [2.45, 2.75) is 11.3 Å². The van der Waals surface area contributed by atoms with Crippen molar-refractivity contribution >= 4 is 15.8 Å². The third-order valence-electron chi connectivity index (χ3n) is 2.30. The van der Waals surface area contributed by atoms with E-state index in [0.717, 1.165) is 0 Å². The smallest absolute Gasteiger partial charge is 0.264 e. The molecule has 0 saturated carbocycles. The normalized spacial score (nSPS) is 10.5. The fraction of sp³-hybridized carbons (Fsp3) is 0.154. The van der Waals surface area contributed by atoms with Crippen LogP contribution in [0.1, 0.15) is 12.0 Å². The van der Waals surface area contributed by atoms with Gasteiger partial charge < -0.3 is 5.11 Å². The molecule has 0 unspecified atom stereocenters. The monoisotopic (exact) mass is 304 g/mol. The second-order valence-corrected chi connectivity index (χ2v) is 5.56. The van der Waals surface area contributed by atoms with E-state index >= 15 is 0 Å². The Morgan fingerprint density at radius 3 is 2.76 bits per heavy atom. The van der Waals surface area contributed by atoms with Crippen LogP contribution < -0.4 is 4.72 Å². The van der Waals surface area contributed by atoms with Gasteiger partial charge in [-0.2, -0.15) is 0 Å². The van der Waals surface area contributed by atoms with Crippen LogP contribution in [0.15, 0.2) is 41.9 Å². The number of aliphatic hydroxyl groups is 1. The summed E-state index contributed by atoms with van der Waals surface area (Å²) < 4.78 is 26.7. The molecule has 0 saturated heterocycles. The zero-order chi connectivity index (χ0) is 15.1. The van der Waals surface area contributed by atoms with Crippen molar-refractivity contribution in [3.05, 3.63) is 42.6 Å². The second-order valence-electron chi connectivity index (χ2n) is 3.88. The highest BCUT2D eigenvalue weighted by Gasteiger charge is 2.15. The number of hydrogen-bond acceptors (Lipinski definition) is 6. The lowest BCUT2D eigenvalue weighted by atomic mass is 10.3. The van der Waals surface area contributed by atoms with E-state index in [4.69, 9.17) is 5.11 Å². The zero-order valence-electron chi connectivity index (χ0n) is 10.9. The van der Waals surface area contributed by atoms with E-state index in [1.165, 1.54) is 37.1 Å². The number of nitrogens with zero attached hydrogens (tertiary/aromatic N) is 3. The van der Waals surface area contributed by atoms with Gasteiger partial charge in [-0.1, -0.05) is 11.8 Å². The van der Waals surface area contributed by atoms with Crippen LogP contribution in [-0.4, -0.2) is 35.1 Å². The number of anilines is 1. The molecule has 0 atom stereocenters. The predicted octanol–water partition coefficient (Wildman–Crippen LogP) is 0.406. The highest BCUT2D eigenvalue weighted by atomic mass is 32.2. The first-order valence-corrected chi connectivity index (χ1v) is 7.44. The zero-order valence-corrected chi connectivity index (χ0v) is 11.7. The molecular weight excluding hydrogens is 292 g/mol. The summed E-state index contributed by atoms with van der Waals surface area (Å²) in [4.78, 5) is 11.4. The number of aromatic nitrogens is 3. The maximum absolute atomic E-state index is 12.2. The van der Waals surface area contributed by atoms with Crippen LogP contribution >= 0.6 is 0 Å². The maximum atomic E-state index is 12.2. The van der Waals surface area contributed by atoms with Gasteiger partial charge >= 0.3 is 0 Å². The van der Waals surface area contributed by atoms with Crippen LogP contribution in [0.4, 0.5) is 5.82 Å². The molecule has 108 valence electrons. The first-order chi connectivity index (χ1) is 10.1.